The summed E-state index contributed by atoms with van der Waals surface area (Å²) in [5.74, 6) is 0. The molecule has 2 rings (SSSR count). The van der Waals surface area contributed by atoms with Gasteiger partial charge < -0.3 is 5.32 Å². The van der Waals surface area contributed by atoms with E-state index in [0.29, 0.717) is 5.54 Å². The third-order valence-electron chi connectivity index (χ3n) is 2.75. The lowest BCUT2D eigenvalue weighted by atomic mass is 9.83. The third-order valence-corrected chi connectivity index (χ3v) is 2.75. The van der Waals surface area contributed by atoms with Crippen molar-refractivity contribution in [2.24, 2.45) is 0 Å². The second kappa shape index (κ2) is 2.39. The van der Waals surface area contributed by atoms with Gasteiger partial charge in [-0.3, -0.25) is 0 Å². The summed E-state index contributed by atoms with van der Waals surface area (Å²) in [6.45, 7) is 1.10. The third kappa shape index (κ3) is 0.988. The maximum atomic E-state index is 3.56. The van der Waals surface area contributed by atoms with Crippen molar-refractivity contribution in [2.45, 2.75) is 37.6 Å². The molecule has 2 aliphatic rings. The van der Waals surface area contributed by atoms with Crippen molar-refractivity contribution in [3.8, 4) is 0 Å². The highest BCUT2D eigenvalue weighted by Gasteiger charge is 2.30. The Balaban J connectivity index is 2.05. The largest absolute Gasteiger partial charge is 0.304 e. The van der Waals surface area contributed by atoms with Gasteiger partial charge >= 0.3 is 0 Å². The topological polar surface area (TPSA) is 12.0 Å². The average Bonchev–Trinajstić information content (AvgIpc) is 2.39. The molecule has 0 aromatic rings. The summed E-state index contributed by atoms with van der Waals surface area (Å²) in [4.78, 5) is 0. The molecule has 0 aromatic carbocycles. The van der Waals surface area contributed by atoms with Gasteiger partial charge in [-0.05, 0) is 12.8 Å². The van der Waals surface area contributed by atoms with Crippen molar-refractivity contribution >= 4 is 0 Å². The summed E-state index contributed by atoms with van der Waals surface area (Å²) in [6, 6.07) is 0. The molecule has 1 heteroatoms. The molecule has 0 aromatic heterocycles. The Labute approximate surface area is 62.5 Å². The minimum Gasteiger partial charge on any atom is -0.304 e. The fraction of sp³-hybridized carbons (Fsp3) is 0.778. The van der Waals surface area contributed by atoms with Gasteiger partial charge in [-0.15, -0.1) is 0 Å². The van der Waals surface area contributed by atoms with Crippen LogP contribution < -0.4 is 5.32 Å². The van der Waals surface area contributed by atoms with E-state index < -0.39 is 0 Å². The average molecular weight is 137 g/mol. The molecule has 1 N–H and O–H groups in total. The smallest absolute Gasteiger partial charge is 0.0367 e. The van der Waals surface area contributed by atoms with Gasteiger partial charge in [0.15, 0.2) is 0 Å². The van der Waals surface area contributed by atoms with Gasteiger partial charge in [-0.25, -0.2) is 0 Å². The fourth-order valence-electron chi connectivity index (χ4n) is 2.13. The maximum Gasteiger partial charge on any atom is 0.0367 e. The highest BCUT2D eigenvalue weighted by molar-refractivity contribution is 5.14. The summed E-state index contributed by atoms with van der Waals surface area (Å²) < 4.78 is 0. The standard InChI is InChI=1S/C9H15N/c1-2-5-9(6-3-1)7-4-8-10-9/h4,7,10H,1-3,5-6,8H2. The zero-order chi connectivity index (χ0) is 6.86. The van der Waals surface area contributed by atoms with Crippen LogP contribution in [0.2, 0.25) is 0 Å². The summed E-state index contributed by atoms with van der Waals surface area (Å²) >= 11 is 0. The molecule has 0 amide bonds. The maximum absolute atomic E-state index is 3.56. The monoisotopic (exact) mass is 137 g/mol. The lowest BCUT2D eigenvalue weighted by molar-refractivity contribution is 0.312. The van der Waals surface area contributed by atoms with Crippen molar-refractivity contribution in [2.75, 3.05) is 6.54 Å². The van der Waals surface area contributed by atoms with Crippen LogP contribution in [0.4, 0.5) is 0 Å². The molecular formula is C9H15N. The SMILES string of the molecule is C1=CC2(CCCCC2)NC1. The summed E-state index contributed by atoms with van der Waals surface area (Å²) in [7, 11) is 0. The minimum atomic E-state index is 0.443. The quantitative estimate of drug-likeness (QED) is 0.502. The lowest BCUT2D eigenvalue weighted by Gasteiger charge is -2.32. The molecule has 0 atom stereocenters. The van der Waals surface area contributed by atoms with Gasteiger partial charge in [0.2, 0.25) is 0 Å². The van der Waals surface area contributed by atoms with E-state index in [9.17, 15) is 0 Å². The Hall–Kier alpha value is -0.300. The number of hydrogen-bond donors (Lipinski definition) is 1. The molecule has 1 fully saturated rings. The molecule has 0 radical (unpaired) electrons. The Kier molecular flexibility index (Phi) is 1.53. The summed E-state index contributed by atoms with van der Waals surface area (Å²) in [5, 5.41) is 3.56. The van der Waals surface area contributed by atoms with Crippen molar-refractivity contribution < 1.29 is 0 Å². The highest BCUT2D eigenvalue weighted by atomic mass is 15.0. The number of hydrogen-bond acceptors (Lipinski definition) is 1. The first-order chi connectivity index (χ1) is 4.91. The predicted octanol–water partition coefficient (Wildman–Crippen LogP) is 1.85. The van der Waals surface area contributed by atoms with E-state index >= 15 is 0 Å². The molecule has 1 aliphatic carbocycles. The van der Waals surface area contributed by atoms with Crippen LogP contribution in [0.1, 0.15) is 32.1 Å². The Morgan fingerprint density at radius 1 is 1.10 bits per heavy atom. The van der Waals surface area contributed by atoms with Gasteiger partial charge in [0.05, 0.1) is 0 Å². The summed E-state index contributed by atoms with van der Waals surface area (Å²) in [6.07, 6.45) is 11.6. The van der Waals surface area contributed by atoms with E-state index in [0.717, 1.165) is 6.54 Å². The Morgan fingerprint density at radius 3 is 2.50 bits per heavy atom. The van der Waals surface area contributed by atoms with E-state index in [4.69, 9.17) is 0 Å². The van der Waals surface area contributed by atoms with Crippen LogP contribution in [-0.4, -0.2) is 12.1 Å². The molecule has 1 spiro atoms. The van der Waals surface area contributed by atoms with Crippen LogP contribution in [0.5, 0.6) is 0 Å². The lowest BCUT2D eigenvalue weighted by Crippen LogP contribution is -2.41. The zero-order valence-electron chi connectivity index (χ0n) is 6.40. The van der Waals surface area contributed by atoms with Crippen molar-refractivity contribution in [1.29, 1.82) is 0 Å². The molecule has 0 saturated heterocycles. The van der Waals surface area contributed by atoms with E-state index in [1.165, 1.54) is 32.1 Å². The van der Waals surface area contributed by atoms with Crippen LogP contribution >= 0.6 is 0 Å². The normalized spacial score (nSPS) is 29.6. The van der Waals surface area contributed by atoms with Crippen LogP contribution in [-0.2, 0) is 0 Å². The molecule has 1 aliphatic heterocycles. The Bertz CT molecular complexity index is 143. The van der Waals surface area contributed by atoms with Crippen molar-refractivity contribution in [1.82, 2.24) is 5.32 Å². The predicted molar refractivity (Wildman–Crippen MR) is 43.0 cm³/mol. The van der Waals surface area contributed by atoms with Gasteiger partial charge in [-0.1, -0.05) is 31.4 Å². The molecular weight excluding hydrogens is 122 g/mol. The molecule has 1 saturated carbocycles. The zero-order valence-corrected chi connectivity index (χ0v) is 6.40. The highest BCUT2D eigenvalue weighted by Crippen LogP contribution is 2.30. The van der Waals surface area contributed by atoms with E-state index in [1.807, 2.05) is 0 Å². The van der Waals surface area contributed by atoms with Crippen LogP contribution in [0.3, 0.4) is 0 Å². The molecule has 0 bridgehead atoms. The second-order valence-electron chi connectivity index (χ2n) is 3.50. The van der Waals surface area contributed by atoms with Crippen LogP contribution in [0.25, 0.3) is 0 Å². The first-order valence-corrected chi connectivity index (χ1v) is 4.34. The first-order valence-electron chi connectivity index (χ1n) is 4.34. The van der Waals surface area contributed by atoms with Crippen molar-refractivity contribution in [3.05, 3.63) is 12.2 Å². The number of nitrogens with one attached hydrogen (secondary N) is 1. The van der Waals surface area contributed by atoms with E-state index in [1.54, 1.807) is 0 Å². The first kappa shape index (κ1) is 6.41. The number of rotatable bonds is 0. The Morgan fingerprint density at radius 2 is 1.90 bits per heavy atom. The van der Waals surface area contributed by atoms with Crippen LogP contribution in [0, 0.1) is 0 Å². The van der Waals surface area contributed by atoms with E-state index in [-0.39, 0.29) is 0 Å². The molecule has 56 valence electrons. The van der Waals surface area contributed by atoms with E-state index in [2.05, 4.69) is 17.5 Å². The van der Waals surface area contributed by atoms with Gasteiger partial charge in [0.1, 0.15) is 0 Å². The minimum absolute atomic E-state index is 0.443. The summed E-state index contributed by atoms with van der Waals surface area (Å²) in [5.41, 5.74) is 0.443. The molecule has 0 unspecified atom stereocenters. The van der Waals surface area contributed by atoms with Crippen LogP contribution in [0.15, 0.2) is 12.2 Å². The van der Waals surface area contributed by atoms with Gasteiger partial charge in [0, 0.05) is 12.1 Å². The van der Waals surface area contributed by atoms with Gasteiger partial charge in [-0.2, -0.15) is 0 Å². The molecule has 1 heterocycles. The van der Waals surface area contributed by atoms with Crippen molar-refractivity contribution in [3.63, 3.8) is 0 Å². The molecule has 1 nitrogen and oxygen atoms in total. The molecule has 10 heavy (non-hydrogen) atoms. The van der Waals surface area contributed by atoms with Gasteiger partial charge in [0.25, 0.3) is 0 Å². The fourth-order valence-corrected chi connectivity index (χ4v) is 2.13. The second-order valence-corrected chi connectivity index (χ2v) is 3.50.